The van der Waals surface area contributed by atoms with Crippen molar-refractivity contribution in [2.24, 2.45) is 0 Å². The fraction of sp³-hybridized carbons (Fsp3) is 0.273. The highest BCUT2D eigenvalue weighted by Gasteiger charge is 2.14. The summed E-state index contributed by atoms with van der Waals surface area (Å²) < 4.78 is 0. The first-order valence-corrected chi connectivity index (χ1v) is 5.02. The molecule has 1 aromatic heterocycles. The third-order valence-electron chi connectivity index (χ3n) is 2.72. The summed E-state index contributed by atoms with van der Waals surface area (Å²) in [4.78, 5) is 3.28. The summed E-state index contributed by atoms with van der Waals surface area (Å²) in [5.74, 6) is 0. The maximum absolute atomic E-state index is 3.36. The molecule has 3 heteroatoms. The van der Waals surface area contributed by atoms with Crippen LogP contribution in [0.4, 0.5) is 5.69 Å². The van der Waals surface area contributed by atoms with Crippen LogP contribution in [0.5, 0.6) is 0 Å². The third kappa shape index (κ3) is 1.09. The zero-order chi connectivity index (χ0) is 9.38. The number of nitrogens with one attached hydrogen (secondary N) is 2. The number of hydrogen-bond donors (Lipinski definition) is 2. The number of para-hydroxylation sites is 1. The van der Waals surface area contributed by atoms with Gasteiger partial charge < -0.3 is 9.99 Å². The summed E-state index contributed by atoms with van der Waals surface area (Å²) in [7, 11) is 0. The van der Waals surface area contributed by atoms with Gasteiger partial charge in [0.1, 0.15) is 0 Å². The fourth-order valence-corrected chi connectivity index (χ4v) is 2.02. The topological polar surface area (TPSA) is 31.1 Å². The first-order chi connectivity index (χ1) is 6.95. The molecule has 0 bridgehead atoms. The van der Waals surface area contributed by atoms with Gasteiger partial charge in [0.2, 0.25) is 0 Å². The van der Waals surface area contributed by atoms with Crippen LogP contribution in [0.15, 0.2) is 30.5 Å². The number of benzene rings is 1. The molecule has 1 saturated heterocycles. The SMILES string of the molecule is c1ccc2c(N3CCCN3)c[nH]c2c1. The van der Waals surface area contributed by atoms with Crippen LogP contribution in [0.3, 0.4) is 0 Å². The number of hydrogen-bond acceptors (Lipinski definition) is 2. The summed E-state index contributed by atoms with van der Waals surface area (Å²) in [6.07, 6.45) is 3.29. The lowest BCUT2D eigenvalue weighted by atomic mass is 10.2. The molecule has 0 amide bonds. The molecule has 0 radical (unpaired) electrons. The lowest BCUT2D eigenvalue weighted by Crippen LogP contribution is -2.30. The molecule has 1 aliphatic rings. The Morgan fingerprint density at radius 2 is 2.14 bits per heavy atom. The van der Waals surface area contributed by atoms with Gasteiger partial charge in [0, 0.05) is 30.2 Å². The molecule has 0 unspecified atom stereocenters. The predicted molar refractivity (Wildman–Crippen MR) is 58.3 cm³/mol. The lowest BCUT2D eigenvalue weighted by molar-refractivity contribution is 0.790. The molecular formula is C11H13N3. The number of aromatic amines is 1. The monoisotopic (exact) mass is 187 g/mol. The van der Waals surface area contributed by atoms with E-state index in [0.29, 0.717) is 0 Å². The average Bonchev–Trinajstić information content (AvgIpc) is 2.85. The molecule has 1 aromatic carbocycles. The maximum atomic E-state index is 3.36. The molecule has 1 aliphatic heterocycles. The van der Waals surface area contributed by atoms with Crippen molar-refractivity contribution in [3.05, 3.63) is 30.5 Å². The van der Waals surface area contributed by atoms with Crippen molar-refractivity contribution in [3.63, 3.8) is 0 Å². The molecule has 0 atom stereocenters. The van der Waals surface area contributed by atoms with E-state index in [1.165, 1.54) is 23.0 Å². The molecule has 0 spiro atoms. The van der Waals surface area contributed by atoms with Gasteiger partial charge in [-0.15, -0.1) is 0 Å². The van der Waals surface area contributed by atoms with E-state index in [1.54, 1.807) is 0 Å². The minimum atomic E-state index is 1.08. The second-order valence-corrected chi connectivity index (χ2v) is 3.63. The van der Waals surface area contributed by atoms with E-state index in [0.717, 1.165) is 13.1 Å². The summed E-state index contributed by atoms with van der Waals surface area (Å²) in [5.41, 5.74) is 5.83. The van der Waals surface area contributed by atoms with Crippen molar-refractivity contribution in [2.45, 2.75) is 6.42 Å². The highest BCUT2D eigenvalue weighted by molar-refractivity contribution is 5.92. The Kier molecular flexibility index (Phi) is 1.70. The van der Waals surface area contributed by atoms with Crippen LogP contribution < -0.4 is 10.4 Å². The van der Waals surface area contributed by atoms with Crippen LogP contribution in [0.2, 0.25) is 0 Å². The van der Waals surface area contributed by atoms with Gasteiger partial charge in [-0.25, -0.2) is 5.43 Å². The van der Waals surface area contributed by atoms with Crippen LogP contribution in [0.25, 0.3) is 10.9 Å². The Hall–Kier alpha value is -1.48. The van der Waals surface area contributed by atoms with Crippen molar-refractivity contribution >= 4 is 16.6 Å². The number of hydrazine groups is 1. The molecule has 0 saturated carbocycles. The Balaban J connectivity index is 2.11. The van der Waals surface area contributed by atoms with Gasteiger partial charge in [0.15, 0.2) is 0 Å². The van der Waals surface area contributed by atoms with Crippen LogP contribution in [0, 0.1) is 0 Å². The minimum Gasteiger partial charge on any atom is -0.359 e. The average molecular weight is 187 g/mol. The van der Waals surface area contributed by atoms with Crippen molar-refractivity contribution < 1.29 is 0 Å². The Morgan fingerprint density at radius 1 is 1.21 bits per heavy atom. The quantitative estimate of drug-likeness (QED) is 0.714. The molecule has 14 heavy (non-hydrogen) atoms. The Labute approximate surface area is 82.7 Å². The molecular weight excluding hydrogens is 174 g/mol. The van der Waals surface area contributed by atoms with E-state index in [2.05, 4.69) is 45.9 Å². The van der Waals surface area contributed by atoms with Crippen LogP contribution in [-0.4, -0.2) is 18.1 Å². The van der Waals surface area contributed by atoms with Crippen molar-refractivity contribution in [1.82, 2.24) is 10.4 Å². The highest BCUT2D eigenvalue weighted by Crippen LogP contribution is 2.26. The number of fused-ring (bicyclic) bond motifs is 1. The van der Waals surface area contributed by atoms with Gasteiger partial charge in [-0.1, -0.05) is 18.2 Å². The van der Waals surface area contributed by atoms with Crippen LogP contribution in [-0.2, 0) is 0 Å². The number of nitrogens with zero attached hydrogens (tertiary/aromatic N) is 1. The molecule has 3 rings (SSSR count). The lowest BCUT2D eigenvalue weighted by Gasteiger charge is -2.16. The number of rotatable bonds is 1. The zero-order valence-electron chi connectivity index (χ0n) is 7.96. The summed E-state index contributed by atoms with van der Waals surface area (Å²) in [6, 6.07) is 8.39. The van der Waals surface area contributed by atoms with Crippen molar-refractivity contribution in [3.8, 4) is 0 Å². The number of aromatic nitrogens is 1. The standard InChI is InChI=1S/C11H13N3/c1-2-5-10-9(4-1)11(8-12-10)14-7-3-6-13-14/h1-2,4-5,8,12-13H,3,6-7H2. The molecule has 2 heterocycles. The van der Waals surface area contributed by atoms with Gasteiger partial charge >= 0.3 is 0 Å². The predicted octanol–water partition coefficient (Wildman–Crippen LogP) is 1.88. The largest absolute Gasteiger partial charge is 0.359 e. The van der Waals surface area contributed by atoms with Crippen molar-refractivity contribution in [1.29, 1.82) is 0 Å². The smallest absolute Gasteiger partial charge is 0.0772 e. The Morgan fingerprint density at radius 3 is 3.00 bits per heavy atom. The van der Waals surface area contributed by atoms with Crippen LogP contribution in [0.1, 0.15) is 6.42 Å². The van der Waals surface area contributed by atoms with Gasteiger partial charge in [-0.2, -0.15) is 0 Å². The van der Waals surface area contributed by atoms with Crippen molar-refractivity contribution in [2.75, 3.05) is 18.1 Å². The highest BCUT2D eigenvalue weighted by atomic mass is 15.5. The molecule has 2 aromatic rings. The third-order valence-corrected chi connectivity index (χ3v) is 2.72. The summed E-state index contributed by atoms with van der Waals surface area (Å²) in [6.45, 7) is 2.18. The molecule has 0 aliphatic carbocycles. The van der Waals surface area contributed by atoms with Gasteiger partial charge in [-0.3, -0.25) is 0 Å². The van der Waals surface area contributed by atoms with Crippen LogP contribution >= 0.6 is 0 Å². The normalized spacial score (nSPS) is 16.7. The van der Waals surface area contributed by atoms with E-state index < -0.39 is 0 Å². The van der Waals surface area contributed by atoms with E-state index in [1.807, 2.05) is 0 Å². The first-order valence-electron chi connectivity index (χ1n) is 5.02. The maximum Gasteiger partial charge on any atom is 0.0772 e. The van der Waals surface area contributed by atoms with Gasteiger partial charge in [0.25, 0.3) is 0 Å². The Bertz CT molecular complexity index is 440. The molecule has 1 fully saturated rings. The summed E-state index contributed by atoms with van der Waals surface area (Å²) >= 11 is 0. The summed E-state index contributed by atoms with van der Waals surface area (Å²) in [5, 5.41) is 3.51. The van der Waals surface area contributed by atoms with E-state index in [-0.39, 0.29) is 0 Å². The molecule has 3 nitrogen and oxygen atoms in total. The van der Waals surface area contributed by atoms with E-state index in [4.69, 9.17) is 0 Å². The van der Waals surface area contributed by atoms with E-state index in [9.17, 15) is 0 Å². The number of H-pyrrole nitrogens is 1. The second kappa shape index (κ2) is 3.03. The second-order valence-electron chi connectivity index (χ2n) is 3.63. The molecule has 2 N–H and O–H groups in total. The first kappa shape index (κ1) is 7.88. The van der Waals surface area contributed by atoms with Gasteiger partial charge in [-0.05, 0) is 12.5 Å². The van der Waals surface area contributed by atoms with E-state index >= 15 is 0 Å². The van der Waals surface area contributed by atoms with Gasteiger partial charge in [0.05, 0.1) is 5.69 Å². The zero-order valence-corrected chi connectivity index (χ0v) is 7.96. The number of anilines is 1. The molecule has 72 valence electrons. The fourth-order valence-electron chi connectivity index (χ4n) is 2.02. The minimum absolute atomic E-state index is 1.08.